The maximum absolute atomic E-state index is 6.28. The van der Waals surface area contributed by atoms with Crippen LogP contribution >= 0.6 is 22.9 Å². The molecule has 0 saturated carbocycles. The number of rotatable bonds is 3. The van der Waals surface area contributed by atoms with Crippen LogP contribution in [0, 0.1) is 0 Å². The maximum Gasteiger partial charge on any atom is 0.125 e. The van der Waals surface area contributed by atoms with Gasteiger partial charge in [-0.2, -0.15) is 0 Å². The first kappa shape index (κ1) is 14.7. The maximum atomic E-state index is 6.28. The van der Waals surface area contributed by atoms with Crippen molar-refractivity contribution in [1.82, 2.24) is 4.98 Å². The molecule has 1 unspecified atom stereocenters. The molecular weight excluding hydrogens is 324 g/mol. The summed E-state index contributed by atoms with van der Waals surface area (Å²) >= 11 is 7.95. The molecule has 2 aromatic carbocycles. The highest BCUT2D eigenvalue weighted by atomic mass is 35.5. The molecule has 0 amide bonds. The monoisotopic (exact) mass is 340 g/mol. The second-order valence-corrected chi connectivity index (χ2v) is 7.20. The van der Waals surface area contributed by atoms with Gasteiger partial charge in [-0.3, -0.25) is 0 Å². The van der Waals surface area contributed by atoms with Gasteiger partial charge in [0.15, 0.2) is 0 Å². The average molecular weight is 341 g/mol. The zero-order chi connectivity index (χ0) is 15.8. The van der Waals surface area contributed by atoms with Gasteiger partial charge in [0.05, 0.1) is 17.3 Å². The average Bonchev–Trinajstić information content (AvgIpc) is 3.14. The van der Waals surface area contributed by atoms with Gasteiger partial charge in [0, 0.05) is 22.7 Å². The smallest absolute Gasteiger partial charge is 0.125 e. The van der Waals surface area contributed by atoms with Gasteiger partial charge in [0.2, 0.25) is 0 Å². The van der Waals surface area contributed by atoms with Crippen molar-refractivity contribution in [3.63, 3.8) is 0 Å². The molecule has 0 fully saturated rings. The van der Waals surface area contributed by atoms with Crippen LogP contribution in [0.2, 0.25) is 5.02 Å². The van der Waals surface area contributed by atoms with E-state index < -0.39 is 0 Å². The fraction of sp³-hybridized carbons (Fsp3) is 0.211. The third kappa shape index (κ3) is 2.75. The first-order valence-electron chi connectivity index (χ1n) is 7.76. The Hall–Kier alpha value is -1.84. The lowest BCUT2D eigenvalue weighted by Crippen LogP contribution is -2.28. The number of hydrogen-bond donors (Lipinski definition) is 0. The van der Waals surface area contributed by atoms with E-state index in [1.807, 2.05) is 24.3 Å². The van der Waals surface area contributed by atoms with Crippen LogP contribution in [-0.2, 0) is 13.0 Å². The van der Waals surface area contributed by atoms with E-state index in [9.17, 15) is 0 Å². The lowest BCUT2D eigenvalue weighted by Gasteiger charge is -2.23. The van der Waals surface area contributed by atoms with E-state index in [1.54, 1.807) is 11.3 Å². The number of benzene rings is 2. The number of fused-ring (bicyclic) bond motifs is 1. The van der Waals surface area contributed by atoms with Crippen molar-refractivity contribution in [2.24, 2.45) is 0 Å². The van der Waals surface area contributed by atoms with Crippen molar-refractivity contribution >= 4 is 28.6 Å². The van der Waals surface area contributed by atoms with Gasteiger partial charge in [-0.25, -0.2) is 4.98 Å². The quantitative estimate of drug-likeness (QED) is 0.633. The minimum atomic E-state index is 0.512. The van der Waals surface area contributed by atoms with Gasteiger partial charge < -0.3 is 4.90 Å². The number of halogens is 1. The molecule has 0 bridgehead atoms. The molecule has 2 nitrogen and oxygen atoms in total. The second kappa shape index (κ2) is 5.99. The van der Waals surface area contributed by atoms with Crippen molar-refractivity contribution in [3.8, 4) is 10.6 Å². The van der Waals surface area contributed by atoms with Gasteiger partial charge in [0.1, 0.15) is 5.01 Å². The fourth-order valence-electron chi connectivity index (χ4n) is 3.18. The van der Waals surface area contributed by atoms with E-state index >= 15 is 0 Å². The summed E-state index contributed by atoms with van der Waals surface area (Å²) in [6.07, 6.45) is 1.11. The Kier molecular flexibility index (Phi) is 3.83. The van der Waals surface area contributed by atoms with Crippen LogP contribution in [-0.4, -0.2) is 11.0 Å². The molecule has 3 aromatic rings. The Labute approximate surface area is 145 Å². The SMILES string of the molecule is CC1Cc2ccccc2N1Cc1csc(-c2ccccc2Cl)n1. The summed E-state index contributed by atoms with van der Waals surface area (Å²) in [7, 11) is 0. The Balaban J connectivity index is 1.60. The zero-order valence-electron chi connectivity index (χ0n) is 12.9. The molecule has 0 aliphatic carbocycles. The van der Waals surface area contributed by atoms with E-state index in [2.05, 4.69) is 41.5 Å². The predicted octanol–water partition coefficient (Wildman–Crippen LogP) is 5.41. The third-order valence-corrected chi connectivity index (χ3v) is 5.59. The number of nitrogens with zero attached hydrogens (tertiary/aromatic N) is 2. The van der Waals surface area contributed by atoms with Gasteiger partial charge in [0.25, 0.3) is 0 Å². The highest BCUT2D eigenvalue weighted by Gasteiger charge is 2.26. The number of hydrogen-bond acceptors (Lipinski definition) is 3. The molecule has 1 aliphatic heterocycles. The summed E-state index contributed by atoms with van der Waals surface area (Å²) in [6.45, 7) is 3.13. The molecule has 0 spiro atoms. The summed E-state index contributed by atoms with van der Waals surface area (Å²) in [5.41, 5.74) is 4.89. The molecule has 1 aliphatic rings. The summed E-state index contributed by atoms with van der Waals surface area (Å²) in [5, 5.41) is 3.89. The third-order valence-electron chi connectivity index (χ3n) is 4.34. The summed E-state index contributed by atoms with van der Waals surface area (Å²) in [6, 6.07) is 17.1. The predicted molar refractivity (Wildman–Crippen MR) is 98.4 cm³/mol. The Morgan fingerprint density at radius 2 is 1.96 bits per heavy atom. The zero-order valence-corrected chi connectivity index (χ0v) is 14.4. The van der Waals surface area contributed by atoms with Gasteiger partial charge in [-0.05, 0) is 31.0 Å². The molecule has 4 rings (SSSR count). The molecule has 0 saturated heterocycles. The van der Waals surface area contributed by atoms with E-state index in [4.69, 9.17) is 16.6 Å². The Morgan fingerprint density at radius 1 is 1.17 bits per heavy atom. The van der Waals surface area contributed by atoms with E-state index in [0.717, 1.165) is 34.3 Å². The first-order valence-corrected chi connectivity index (χ1v) is 9.02. The van der Waals surface area contributed by atoms with Crippen LogP contribution in [0.1, 0.15) is 18.2 Å². The highest BCUT2D eigenvalue weighted by molar-refractivity contribution is 7.13. The Morgan fingerprint density at radius 3 is 2.83 bits per heavy atom. The van der Waals surface area contributed by atoms with Gasteiger partial charge >= 0.3 is 0 Å². The standard InChI is InChI=1S/C19H17ClN2S/c1-13-10-14-6-2-5-9-18(14)22(13)11-15-12-23-19(21-15)16-7-3-4-8-17(16)20/h2-9,12-13H,10-11H2,1H3. The Bertz CT molecular complexity index is 843. The van der Waals surface area contributed by atoms with Crippen molar-refractivity contribution in [2.45, 2.75) is 25.9 Å². The second-order valence-electron chi connectivity index (χ2n) is 5.93. The number of thiazole rings is 1. The van der Waals surface area contributed by atoms with Crippen LogP contribution in [0.5, 0.6) is 0 Å². The first-order chi connectivity index (χ1) is 11.2. The minimum absolute atomic E-state index is 0.512. The van der Waals surface area contributed by atoms with E-state index in [-0.39, 0.29) is 0 Å². The molecule has 1 atom stereocenters. The van der Waals surface area contributed by atoms with Gasteiger partial charge in [-0.1, -0.05) is 48.0 Å². The van der Waals surface area contributed by atoms with Crippen LogP contribution < -0.4 is 4.90 Å². The number of para-hydroxylation sites is 1. The normalized spacial score (nSPS) is 16.6. The number of anilines is 1. The van der Waals surface area contributed by atoms with E-state index in [0.29, 0.717) is 6.04 Å². The summed E-state index contributed by atoms with van der Waals surface area (Å²) in [4.78, 5) is 7.25. The van der Waals surface area contributed by atoms with Gasteiger partial charge in [-0.15, -0.1) is 11.3 Å². The molecular formula is C19H17ClN2S. The largest absolute Gasteiger partial charge is 0.362 e. The number of aromatic nitrogens is 1. The van der Waals surface area contributed by atoms with Crippen LogP contribution in [0.4, 0.5) is 5.69 Å². The molecule has 0 N–H and O–H groups in total. The van der Waals surface area contributed by atoms with Crippen molar-refractivity contribution < 1.29 is 0 Å². The molecule has 2 heterocycles. The molecule has 1 aromatic heterocycles. The molecule has 4 heteroatoms. The molecule has 116 valence electrons. The van der Waals surface area contributed by atoms with Crippen molar-refractivity contribution in [2.75, 3.05) is 4.90 Å². The summed E-state index contributed by atoms with van der Waals surface area (Å²) in [5.74, 6) is 0. The molecule has 0 radical (unpaired) electrons. The topological polar surface area (TPSA) is 16.1 Å². The highest BCUT2D eigenvalue weighted by Crippen LogP contribution is 2.34. The fourth-order valence-corrected chi connectivity index (χ4v) is 4.31. The van der Waals surface area contributed by atoms with E-state index in [1.165, 1.54) is 11.3 Å². The summed E-state index contributed by atoms with van der Waals surface area (Å²) < 4.78 is 0. The van der Waals surface area contributed by atoms with Crippen molar-refractivity contribution in [3.05, 3.63) is 70.2 Å². The van der Waals surface area contributed by atoms with Crippen LogP contribution in [0.3, 0.4) is 0 Å². The lowest BCUT2D eigenvalue weighted by molar-refractivity contribution is 0.667. The molecule has 23 heavy (non-hydrogen) atoms. The van der Waals surface area contributed by atoms with Crippen LogP contribution in [0.15, 0.2) is 53.9 Å². The van der Waals surface area contributed by atoms with Crippen LogP contribution in [0.25, 0.3) is 10.6 Å². The minimum Gasteiger partial charge on any atom is -0.362 e. The lowest BCUT2D eigenvalue weighted by atomic mass is 10.1. The van der Waals surface area contributed by atoms with Crippen molar-refractivity contribution in [1.29, 1.82) is 0 Å².